The van der Waals surface area contributed by atoms with E-state index in [-0.39, 0.29) is 0 Å². The zero-order valence-electron chi connectivity index (χ0n) is 11.5. The van der Waals surface area contributed by atoms with E-state index in [1.807, 2.05) is 10.9 Å². The second kappa shape index (κ2) is 6.29. The lowest BCUT2D eigenvalue weighted by atomic mass is 10.3. The van der Waals surface area contributed by atoms with E-state index in [0.29, 0.717) is 17.8 Å². The van der Waals surface area contributed by atoms with Crippen LogP contribution in [0.1, 0.15) is 32.4 Å². The third-order valence-electron chi connectivity index (χ3n) is 2.58. The van der Waals surface area contributed by atoms with E-state index in [0.717, 1.165) is 18.7 Å². The average Bonchev–Trinajstić information content (AvgIpc) is 2.87. The summed E-state index contributed by atoms with van der Waals surface area (Å²) in [7, 11) is 0. The number of hydrogen-bond acceptors (Lipinski definition) is 5. The molecule has 0 spiro atoms. The Morgan fingerprint density at radius 3 is 2.58 bits per heavy atom. The van der Waals surface area contributed by atoms with Crippen molar-refractivity contribution in [1.82, 2.24) is 25.1 Å². The summed E-state index contributed by atoms with van der Waals surface area (Å²) in [5.41, 5.74) is 1.03. The molecule has 0 aromatic carbocycles. The molecule has 0 saturated carbocycles. The van der Waals surface area contributed by atoms with Crippen molar-refractivity contribution in [1.29, 1.82) is 0 Å². The quantitative estimate of drug-likeness (QED) is 0.863. The molecule has 0 saturated heterocycles. The average molecular weight is 261 g/mol. The molecule has 6 heteroatoms. The van der Waals surface area contributed by atoms with E-state index < -0.39 is 0 Å². The van der Waals surface area contributed by atoms with Crippen molar-refractivity contribution in [3.8, 4) is 11.8 Å². The molecule has 1 N–H and O–H groups in total. The summed E-state index contributed by atoms with van der Waals surface area (Å²) in [6.07, 6.45) is 7.02. The molecule has 0 aliphatic rings. The summed E-state index contributed by atoms with van der Waals surface area (Å²) in [5.74, 6) is 0.646. The Morgan fingerprint density at radius 2 is 2.00 bits per heavy atom. The van der Waals surface area contributed by atoms with E-state index in [1.165, 1.54) is 0 Å². The lowest BCUT2D eigenvalue weighted by molar-refractivity contribution is 0.438. The normalized spacial score (nSPS) is 10.9. The summed E-state index contributed by atoms with van der Waals surface area (Å²) < 4.78 is 7.37. The molecule has 19 heavy (non-hydrogen) atoms. The minimum atomic E-state index is 0.306. The van der Waals surface area contributed by atoms with Crippen molar-refractivity contribution in [3.63, 3.8) is 0 Å². The fraction of sp³-hybridized carbons (Fsp3) is 0.462. The van der Waals surface area contributed by atoms with Crippen molar-refractivity contribution >= 4 is 0 Å². The van der Waals surface area contributed by atoms with Gasteiger partial charge in [-0.25, -0.2) is 9.97 Å². The smallest absolute Gasteiger partial charge is 0.321 e. The van der Waals surface area contributed by atoms with Crippen LogP contribution in [0.25, 0.3) is 0 Å². The molecule has 0 aliphatic heterocycles. The summed E-state index contributed by atoms with van der Waals surface area (Å²) in [6.45, 7) is 7.87. The second-order valence-corrected chi connectivity index (χ2v) is 4.51. The van der Waals surface area contributed by atoms with Crippen LogP contribution in [0.3, 0.4) is 0 Å². The Kier molecular flexibility index (Phi) is 4.46. The standard InChI is InChI=1S/C13H19N5O/c1-4-14-5-11-6-15-13(16-7-11)19-12-8-17-18(9-12)10(2)3/h6-10,14H,4-5H2,1-3H3. The van der Waals surface area contributed by atoms with Crippen LogP contribution in [0.5, 0.6) is 11.8 Å². The Morgan fingerprint density at radius 1 is 1.26 bits per heavy atom. The first kappa shape index (κ1) is 13.5. The van der Waals surface area contributed by atoms with Gasteiger partial charge >= 0.3 is 6.01 Å². The first-order chi connectivity index (χ1) is 9.19. The third-order valence-corrected chi connectivity index (χ3v) is 2.58. The van der Waals surface area contributed by atoms with Crippen LogP contribution in [0.4, 0.5) is 0 Å². The number of nitrogens with zero attached hydrogens (tertiary/aromatic N) is 4. The number of rotatable bonds is 6. The van der Waals surface area contributed by atoms with Crippen LogP contribution >= 0.6 is 0 Å². The van der Waals surface area contributed by atoms with Gasteiger partial charge in [-0.2, -0.15) is 5.10 Å². The van der Waals surface area contributed by atoms with E-state index in [2.05, 4.69) is 41.2 Å². The predicted octanol–water partition coefficient (Wildman–Crippen LogP) is 2.16. The molecule has 0 radical (unpaired) electrons. The van der Waals surface area contributed by atoms with Crippen LogP contribution < -0.4 is 10.1 Å². The van der Waals surface area contributed by atoms with Crippen LogP contribution in [0.15, 0.2) is 24.8 Å². The molecular formula is C13H19N5O. The number of nitrogens with one attached hydrogen (secondary N) is 1. The lowest BCUT2D eigenvalue weighted by Crippen LogP contribution is -2.12. The molecule has 2 heterocycles. The van der Waals surface area contributed by atoms with E-state index in [1.54, 1.807) is 18.6 Å². The molecule has 0 atom stereocenters. The maximum Gasteiger partial charge on any atom is 0.321 e. The molecule has 0 fully saturated rings. The monoisotopic (exact) mass is 261 g/mol. The Labute approximate surface area is 112 Å². The van der Waals surface area contributed by atoms with Gasteiger partial charge in [0.2, 0.25) is 0 Å². The molecule has 2 rings (SSSR count). The molecule has 6 nitrogen and oxygen atoms in total. The summed E-state index contributed by atoms with van der Waals surface area (Å²) in [6, 6.07) is 0.643. The molecule has 0 bridgehead atoms. The highest BCUT2D eigenvalue weighted by atomic mass is 16.5. The fourth-order valence-corrected chi connectivity index (χ4v) is 1.52. The van der Waals surface area contributed by atoms with Gasteiger partial charge in [-0.1, -0.05) is 6.92 Å². The van der Waals surface area contributed by atoms with Crippen LogP contribution in [-0.4, -0.2) is 26.3 Å². The zero-order chi connectivity index (χ0) is 13.7. The minimum Gasteiger partial charge on any atom is -0.421 e. The highest BCUT2D eigenvalue weighted by molar-refractivity contribution is 5.18. The van der Waals surface area contributed by atoms with Crippen molar-refractivity contribution in [2.75, 3.05) is 6.54 Å². The Hall–Kier alpha value is -1.95. The van der Waals surface area contributed by atoms with Gasteiger partial charge in [0.25, 0.3) is 0 Å². The van der Waals surface area contributed by atoms with Crippen LogP contribution in [0, 0.1) is 0 Å². The highest BCUT2D eigenvalue weighted by Crippen LogP contribution is 2.17. The van der Waals surface area contributed by atoms with Crippen molar-refractivity contribution in [3.05, 3.63) is 30.4 Å². The number of ether oxygens (including phenoxy) is 1. The first-order valence-corrected chi connectivity index (χ1v) is 6.42. The lowest BCUT2D eigenvalue weighted by Gasteiger charge is -2.04. The third kappa shape index (κ3) is 3.75. The summed E-state index contributed by atoms with van der Waals surface area (Å²) >= 11 is 0. The van der Waals surface area contributed by atoms with Crippen molar-refractivity contribution < 1.29 is 4.74 Å². The van der Waals surface area contributed by atoms with Gasteiger partial charge in [0, 0.05) is 30.5 Å². The van der Waals surface area contributed by atoms with Crippen LogP contribution in [-0.2, 0) is 6.54 Å². The minimum absolute atomic E-state index is 0.306. The van der Waals surface area contributed by atoms with Gasteiger partial charge in [-0.3, -0.25) is 4.68 Å². The second-order valence-electron chi connectivity index (χ2n) is 4.51. The molecular weight excluding hydrogens is 242 g/mol. The first-order valence-electron chi connectivity index (χ1n) is 6.42. The highest BCUT2D eigenvalue weighted by Gasteiger charge is 2.05. The van der Waals surface area contributed by atoms with Gasteiger partial charge in [0.05, 0.1) is 12.4 Å². The summed E-state index contributed by atoms with van der Waals surface area (Å²) in [5, 5.41) is 7.41. The van der Waals surface area contributed by atoms with Gasteiger partial charge in [0.15, 0.2) is 5.75 Å². The van der Waals surface area contributed by atoms with Crippen molar-refractivity contribution in [2.45, 2.75) is 33.4 Å². The fourth-order valence-electron chi connectivity index (χ4n) is 1.52. The van der Waals surface area contributed by atoms with Gasteiger partial charge in [0.1, 0.15) is 0 Å². The van der Waals surface area contributed by atoms with Crippen molar-refractivity contribution in [2.24, 2.45) is 0 Å². The Balaban J connectivity index is 1.98. The zero-order valence-corrected chi connectivity index (χ0v) is 11.5. The SMILES string of the molecule is CCNCc1cnc(Oc2cnn(C(C)C)c2)nc1. The molecule has 0 aliphatic carbocycles. The largest absolute Gasteiger partial charge is 0.421 e. The maximum absolute atomic E-state index is 5.54. The van der Waals surface area contributed by atoms with Gasteiger partial charge in [-0.15, -0.1) is 0 Å². The van der Waals surface area contributed by atoms with Gasteiger partial charge < -0.3 is 10.1 Å². The van der Waals surface area contributed by atoms with E-state index in [4.69, 9.17) is 4.74 Å². The van der Waals surface area contributed by atoms with Crippen LogP contribution in [0.2, 0.25) is 0 Å². The summed E-state index contributed by atoms with van der Waals surface area (Å²) in [4.78, 5) is 8.34. The molecule has 0 amide bonds. The molecule has 0 unspecified atom stereocenters. The maximum atomic E-state index is 5.54. The molecule has 2 aromatic heterocycles. The topological polar surface area (TPSA) is 64.9 Å². The van der Waals surface area contributed by atoms with E-state index >= 15 is 0 Å². The number of aromatic nitrogens is 4. The van der Waals surface area contributed by atoms with Gasteiger partial charge in [-0.05, 0) is 20.4 Å². The molecule has 2 aromatic rings. The van der Waals surface area contributed by atoms with E-state index in [9.17, 15) is 0 Å². The molecule has 102 valence electrons. The Bertz CT molecular complexity index is 506. The number of hydrogen-bond donors (Lipinski definition) is 1. The predicted molar refractivity (Wildman–Crippen MR) is 72.1 cm³/mol.